The summed E-state index contributed by atoms with van der Waals surface area (Å²) in [4.78, 5) is 12.4. The van der Waals surface area contributed by atoms with Crippen LogP contribution in [-0.2, 0) is 0 Å². The zero-order valence-electron chi connectivity index (χ0n) is 8.92. The van der Waals surface area contributed by atoms with Crippen LogP contribution in [0.2, 0.25) is 0 Å². The van der Waals surface area contributed by atoms with Crippen molar-refractivity contribution in [3.05, 3.63) is 5.01 Å². The number of piperidine rings is 1. The Kier molecular flexibility index (Phi) is 4.74. The first-order valence-corrected chi connectivity index (χ1v) is 5.46. The maximum Gasteiger partial charge on any atom is 1.00 e. The smallest absolute Gasteiger partial charge is 0.542 e. The molecule has 0 unspecified atom stereocenters. The van der Waals surface area contributed by atoms with Crippen LogP contribution in [0.4, 0.5) is 5.13 Å². The summed E-state index contributed by atoms with van der Waals surface area (Å²) in [6, 6.07) is 0. The minimum Gasteiger partial charge on any atom is -0.542 e. The van der Waals surface area contributed by atoms with Crippen LogP contribution in [0.1, 0.15) is 22.6 Å². The molecular weight excluding hydrogens is 225 g/mol. The Hall–Kier alpha value is -0.613. The Bertz CT molecular complexity index is 365. The molecule has 0 aliphatic carbocycles. The van der Waals surface area contributed by atoms with Gasteiger partial charge in [0.15, 0.2) is 5.01 Å². The molecular formula is C8H10LiN3O3S. The minimum absolute atomic E-state index is 0. The van der Waals surface area contributed by atoms with Crippen LogP contribution in [0.25, 0.3) is 0 Å². The second kappa shape index (κ2) is 5.64. The van der Waals surface area contributed by atoms with E-state index in [9.17, 15) is 15.0 Å². The fourth-order valence-electron chi connectivity index (χ4n) is 1.48. The van der Waals surface area contributed by atoms with Gasteiger partial charge in [-0.25, -0.2) is 0 Å². The fourth-order valence-corrected chi connectivity index (χ4v) is 2.21. The van der Waals surface area contributed by atoms with Crippen molar-refractivity contribution < 1.29 is 33.9 Å². The molecule has 8 heteroatoms. The molecule has 1 saturated heterocycles. The topological polar surface area (TPSA) is 89.4 Å². The first kappa shape index (κ1) is 13.5. The molecule has 1 aromatic rings. The molecule has 6 nitrogen and oxygen atoms in total. The molecule has 2 heterocycles. The van der Waals surface area contributed by atoms with Gasteiger partial charge in [-0.05, 0) is 12.8 Å². The van der Waals surface area contributed by atoms with Gasteiger partial charge in [0, 0.05) is 13.1 Å². The van der Waals surface area contributed by atoms with Crippen molar-refractivity contribution in [1.29, 1.82) is 0 Å². The second-order valence-electron chi connectivity index (χ2n) is 3.40. The number of rotatable bonds is 2. The summed E-state index contributed by atoms with van der Waals surface area (Å²) in [6.45, 7) is 1.37. The van der Waals surface area contributed by atoms with Crippen LogP contribution in [-0.4, -0.2) is 40.5 Å². The van der Waals surface area contributed by atoms with Gasteiger partial charge in [-0.2, -0.15) is 0 Å². The van der Waals surface area contributed by atoms with Gasteiger partial charge in [-0.3, -0.25) is 0 Å². The Balaban J connectivity index is 0.00000128. The van der Waals surface area contributed by atoms with E-state index >= 15 is 0 Å². The van der Waals surface area contributed by atoms with Crippen molar-refractivity contribution in [3.63, 3.8) is 0 Å². The van der Waals surface area contributed by atoms with E-state index in [0.29, 0.717) is 31.1 Å². The number of aromatic nitrogens is 2. The fraction of sp³-hybridized carbons (Fsp3) is 0.625. The molecule has 0 spiro atoms. The van der Waals surface area contributed by atoms with E-state index in [-0.39, 0.29) is 30.0 Å². The van der Waals surface area contributed by atoms with E-state index in [2.05, 4.69) is 10.2 Å². The van der Waals surface area contributed by atoms with Gasteiger partial charge in [-0.15, -0.1) is 10.2 Å². The van der Waals surface area contributed by atoms with Crippen LogP contribution >= 0.6 is 11.3 Å². The molecule has 2 rings (SSSR count). The number of aliphatic hydroxyl groups is 1. The predicted molar refractivity (Wildman–Crippen MR) is 51.7 cm³/mol. The van der Waals surface area contributed by atoms with E-state index in [4.69, 9.17) is 0 Å². The summed E-state index contributed by atoms with van der Waals surface area (Å²) in [6.07, 6.45) is 1.11. The van der Waals surface area contributed by atoms with Gasteiger partial charge in [-0.1, -0.05) is 11.3 Å². The third kappa shape index (κ3) is 2.95. The summed E-state index contributed by atoms with van der Waals surface area (Å²) in [5.74, 6) is -1.30. The van der Waals surface area contributed by atoms with E-state index in [1.54, 1.807) is 0 Å². The number of aliphatic hydroxyl groups excluding tert-OH is 1. The maximum absolute atomic E-state index is 10.5. The van der Waals surface area contributed by atoms with Crippen molar-refractivity contribution in [3.8, 4) is 0 Å². The Morgan fingerprint density at radius 3 is 2.56 bits per heavy atom. The second-order valence-corrected chi connectivity index (χ2v) is 4.35. The molecule has 0 radical (unpaired) electrons. The summed E-state index contributed by atoms with van der Waals surface area (Å²) in [5.41, 5.74) is 0. The molecule has 0 aromatic carbocycles. The molecule has 1 aliphatic heterocycles. The number of carboxylic acids is 1. The van der Waals surface area contributed by atoms with Crippen molar-refractivity contribution in [2.45, 2.75) is 18.9 Å². The standard InChI is InChI=1S/C8H11N3O3S.Li/c12-5-1-3-11(4-2-5)8-10-9-6(15-8)7(13)14;/h5,12H,1-4H2,(H,13,14);/q;+1/p-1. The minimum atomic E-state index is -1.30. The largest absolute Gasteiger partial charge is 1.00 e. The number of carbonyl (C=O) groups excluding carboxylic acids is 1. The normalized spacial score (nSPS) is 16.9. The van der Waals surface area contributed by atoms with Crippen molar-refractivity contribution in [1.82, 2.24) is 10.2 Å². The molecule has 1 fully saturated rings. The first-order chi connectivity index (χ1) is 7.16. The van der Waals surface area contributed by atoms with Crippen molar-refractivity contribution in [2.75, 3.05) is 18.0 Å². The average molecular weight is 235 g/mol. The molecule has 0 bridgehead atoms. The van der Waals surface area contributed by atoms with E-state index in [1.807, 2.05) is 4.90 Å². The number of nitrogens with zero attached hydrogens (tertiary/aromatic N) is 3. The molecule has 0 atom stereocenters. The van der Waals surface area contributed by atoms with Crippen LogP contribution in [0.15, 0.2) is 0 Å². The summed E-state index contributed by atoms with van der Waals surface area (Å²) in [7, 11) is 0. The predicted octanol–water partition coefficient (Wildman–Crippen LogP) is -4.13. The maximum atomic E-state index is 10.5. The van der Waals surface area contributed by atoms with Crippen LogP contribution in [0, 0.1) is 0 Å². The van der Waals surface area contributed by atoms with E-state index < -0.39 is 5.97 Å². The van der Waals surface area contributed by atoms with Crippen molar-refractivity contribution in [2.24, 2.45) is 0 Å². The van der Waals surface area contributed by atoms with Gasteiger partial charge in [0.1, 0.15) is 5.97 Å². The zero-order valence-corrected chi connectivity index (χ0v) is 9.74. The molecule has 0 saturated carbocycles. The Labute approximate surface area is 108 Å². The molecule has 1 aromatic heterocycles. The van der Waals surface area contributed by atoms with Crippen LogP contribution in [0.3, 0.4) is 0 Å². The molecule has 16 heavy (non-hydrogen) atoms. The number of aromatic carboxylic acids is 1. The zero-order chi connectivity index (χ0) is 10.8. The van der Waals surface area contributed by atoms with Gasteiger partial charge >= 0.3 is 18.9 Å². The average Bonchev–Trinajstić information content (AvgIpc) is 2.68. The number of carboxylic acid groups (broad SMARTS) is 1. The van der Waals surface area contributed by atoms with Gasteiger partial charge in [0.25, 0.3) is 0 Å². The molecule has 1 N–H and O–H groups in total. The van der Waals surface area contributed by atoms with Crippen LogP contribution < -0.4 is 28.9 Å². The summed E-state index contributed by atoms with van der Waals surface area (Å²) >= 11 is 1.01. The third-order valence-electron chi connectivity index (χ3n) is 2.32. The van der Waals surface area contributed by atoms with E-state index in [1.165, 1.54) is 0 Å². The third-order valence-corrected chi connectivity index (χ3v) is 3.29. The molecule has 82 valence electrons. The monoisotopic (exact) mass is 235 g/mol. The van der Waals surface area contributed by atoms with Gasteiger partial charge in [0.2, 0.25) is 5.13 Å². The number of anilines is 1. The summed E-state index contributed by atoms with van der Waals surface area (Å²) in [5, 5.41) is 27.6. The molecule has 1 aliphatic rings. The van der Waals surface area contributed by atoms with E-state index in [0.717, 1.165) is 11.3 Å². The van der Waals surface area contributed by atoms with Gasteiger partial charge in [0.05, 0.1) is 6.10 Å². The quantitative estimate of drug-likeness (QED) is 0.524. The van der Waals surface area contributed by atoms with Gasteiger partial charge < -0.3 is 19.9 Å². The first-order valence-electron chi connectivity index (χ1n) is 4.64. The van der Waals surface area contributed by atoms with Crippen LogP contribution in [0.5, 0.6) is 0 Å². The Morgan fingerprint density at radius 2 is 2.06 bits per heavy atom. The number of hydrogen-bond donors (Lipinski definition) is 1. The summed E-state index contributed by atoms with van der Waals surface area (Å²) < 4.78 is 0. The Morgan fingerprint density at radius 1 is 1.44 bits per heavy atom. The number of hydrogen-bond acceptors (Lipinski definition) is 7. The SMILES string of the molecule is O=C([O-])c1nnc(N2CCC(O)CC2)s1.[Li+]. The molecule has 0 amide bonds. The number of carbonyl (C=O) groups is 1. The van der Waals surface area contributed by atoms with Crippen molar-refractivity contribution >= 4 is 22.4 Å².